The van der Waals surface area contributed by atoms with Gasteiger partial charge in [0.05, 0.1) is 18.2 Å². The Bertz CT molecular complexity index is 757. The molecule has 1 aromatic rings. The number of nitrogens with one attached hydrogen (secondary N) is 2. The number of hydrogen-bond acceptors (Lipinski definition) is 4. The van der Waals surface area contributed by atoms with Crippen LogP contribution in [0.3, 0.4) is 0 Å². The number of halogens is 4. The third kappa shape index (κ3) is 4.71. The number of aromatic nitrogens is 1. The Labute approximate surface area is 173 Å². The Morgan fingerprint density at radius 2 is 2.21 bits per heavy atom. The lowest BCUT2D eigenvalue weighted by atomic mass is 9.57. The van der Waals surface area contributed by atoms with Crippen LogP contribution in [0.1, 0.15) is 32.8 Å². The van der Waals surface area contributed by atoms with E-state index in [1.807, 2.05) is 6.92 Å². The molecule has 1 saturated carbocycles. The molecule has 1 saturated heterocycles. The van der Waals surface area contributed by atoms with Crippen LogP contribution < -0.4 is 15.4 Å². The minimum absolute atomic E-state index is 0.0194. The molecule has 2 fully saturated rings. The third-order valence-corrected chi connectivity index (χ3v) is 5.74. The second-order valence-corrected chi connectivity index (χ2v) is 8.21. The highest BCUT2D eigenvalue weighted by Crippen LogP contribution is 2.52. The van der Waals surface area contributed by atoms with E-state index in [2.05, 4.69) is 34.5 Å². The lowest BCUT2D eigenvalue weighted by Crippen LogP contribution is -2.68. The highest BCUT2D eigenvalue weighted by molar-refractivity contribution is 6.31. The number of aliphatic imine (C=N–C) groups is 1. The minimum Gasteiger partial charge on any atom is -0.475 e. The van der Waals surface area contributed by atoms with Crippen LogP contribution in [0.2, 0.25) is 5.02 Å². The molecule has 2 N–H and O–H groups in total. The highest BCUT2D eigenvalue weighted by Gasteiger charge is 2.59. The van der Waals surface area contributed by atoms with Crippen molar-refractivity contribution < 1.29 is 22.6 Å². The first kappa shape index (κ1) is 22.0. The van der Waals surface area contributed by atoms with E-state index in [4.69, 9.17) is 21.1 Å². The van der Waals surface area contributed by atoms with Crippen molar-refractivity contribution in [3.05, 3.63) is 22.8 Å². The maximum Gasteiger partial charge on any atom is 0.417 e. The number of alkyl halides is 3. The van der Waals surface area contributed by atoms with E-state index in [1.54, 1.807) is 0 Å². The van der Waals surface area contributed by atoms with E-state index in [0.717, 1.165) is 19.1 Å². The van der Waals surface area contributed by atoms with Crippen LogP contribution >= 0.6 is 11.6 Å². The van der Waals surface area contributed by atoms with E-state index >= 15 is 0 Å². The summed E-state index contributed by atoms with van der Waals surface area (Å²) in [6.45, 7) is 8.28. The molecule has 1 aliphatic heterocycles. The summed E-state index contributed by atoms with van der Waals surface area (Å²) >= 11 is 5.85. The number of guanidine groups is 1. The first-order chi connectivity index (χ1) is 13.6. The molecule has 2 aliphatic rings. The second kappa shape index (κ2) is 8.55. The van der Waals surface area contributed by atoms with Crippen LogP contribution in [0, 0.1) is 11.3 Å². The van der Waals surface area contributed by atoms with Crippen LogP contribution in [0.4, 0.5) is 13.2 Å². The molecule has 6 nitrogen and oxygen atoms in total. The minimum atomic E-state index is -4.50. The zero-order valence-electron chi connectivity index (χ0n) is 16.6. The molecule has 1 aliphatic carbocycles. The van der Waals surface area contributed by atoms with Gasteiger partial charge in [-0.05, 0) is 19.4 Å². The van der Waals surface area contributed by atoms with Crippen LogP contribution in [0.25, 0.3) is 0 Å². The summed E-state index contributed by atoms with van der Waals surface area (Å²) in [6.07, 6.45) is -2.48. The van der Waals surface area contributed by atoms with E-state index in [-0.39, 0.29) is 35.1 Å². The van der Waals surface area contributed by atoms with Gasteiger partial charge in [-0.3, -0.25) is 0 Å². The average molecular weight is 435 g/mol. The molecule has 10 heteroatoms. The summed E-state index contributed by atoms with van der Waals surface area (Å²) in [7, 11) is 0. The van der Waals surface area contributed by atoms with Gasteiger partial charge >= 0.3 is 6.18 Å². The van der Waals surface area contributed by atoms with Crippen molar-refractivity contribution in [2.24, 2.45) is 16.3 Å². The van der Waals surface area contributed by atoms with Gasteiger partial charge in [-0.25, -0.2) is 9.98 Å². The van der Waals surface area contributed by atoms with E-state index < -0.39 is 11.7 Å². The molecular weight excluding hydrogens is 409 g/mol. The fraction of sp³-hybridized carbons (Fsp3) is 0.684. The average Bonchev–Trinajstić information content (AvgIpc) is 3.10. The standard InChI is InChI=1S/C19H26ClF3N4O2/c1-4-24-17(27-14-12-5-7-28-15(12)18(14,2)3)25-6-8-29-16-13(20)9-11(10-26-16)19(21,22)23/h9-10,12,14-15H,4-8H2,1-3H3,(H2,24,25,27). The summed E-state index contributed by atoms with van der Waals surface area (Å²) < 4.78 is 49.2. The smallest absolute Gasteiger partial charge is 0.417 e. The van der Waals surface area contributed by atoms with E-state index in [1.165, 1.54) is 0 Å². The van der Waals surface area contributed by atoms with Crippen molar-refractivity contribution in [2.75, 3.05) is 26.3 Å². The van der Waals surface area contributed by atoms with Gasteiger partial charge in [0.15, 0.2) is 5.96 Å². The molecule has 0 amide bonds. The van der Waals surface area contributed by atoms with E-state index in [0.29, 0.717) is 31.2 Å². The number of hydrogen-bond donors (Lipinski definition) is 2. The summed E-state index contributed by atoms with van der Waals surface area (Å²) in [6, 6.07) is 1.07. The maximum absolute atomic E-state index is 12.7. The highest BCUT2D eigenvalue weighted by atomic mass is 35.5. The van der Waals surface area contributed by atoms with Crippen LogP contribution in [-0.4, -0.2) is 49.4 Å². The van der Waals surface area contributed by atoms with Crippen LogP contribution in [-0.2, 0) is 10.9 Å². The van der Waals surface area contributed by atoms with Gasteiger partial charge in [0, 0.05) is 36.7 Å². The fourth-order valence-electron chi connectivity index (χ4n) is 4.07. The molecule has 0 radical (unpaired) electrons. The zero-order valence-corrected chi connectivity index (χ0v) is 17.4. The predicted octanol–water partition coefficient (Wildman–Crippen LogP) is 3.50. The Hall–Kier alpha value is -1.74. The molecule has 3 atom stereocenters. The fourth-order valence-corrected chi connectivity index (χ4v) is 4.29. The number of pyridine rings is 1. The van der Waals surface area contributed by atoms with Gasteiger partial charge in [0.1, 0.15) is 11.6 Å². The van der Waals surface area contributed by atoms with Crippen molar-refractivity contribution in [1.82, 2.24) is 15.6 Å². The quantitative estimate of drug-likeness (QED) is 0.407. The van der Waals surface area contributed by atoms with Crippen molar-refractivity contribution in [3.8, 4) is 5.88 Å². The first-order valence-corrected chi connectivity index (χ1v) is 10.0. The van der Waals surface area contributed by atoms with E-state index in [9.17, 15) is 13.2 Å². The van der Waals surface area contributed by atoms with Crippen molar-refractivity contribution >= 4 is 17.6 Å². The van der Waals surface area contributed by atoms with Gasteiger partial charge < -0.3 is 20.1 Å². The molecule has 1 aromatic heterocycles. The molecule has 0 bridgehead atoms. The van der Waals surface area contributed by atoms with Gasteiger partial charge in [0.2, 0.25) is 5.88 Å². The lowest BCUT2D eigenvalue weighted by molar-refractivity contribution is -0.137. The summed E-state index contributed by atoms with van der Waals surface area (Å²) in [5, 5.41) is 6.51. The SMILES string of the molecule is CCNC(=NCCOc1ncc(C(F)(F)F)cc1Cl)NC1C2CCOC2C1(C)C. The van der Waals surface area contributed by atoms with Gasteiger partial charge in [-0.15, -0.1) is 0 Å². The number of nitrogens with zero attached hydrogens (tertiary/aromatic N) is 2. The van der Waals surface area contributed by atoms with Crippen molar-refractivity contribution in [2.45, 2.75) is 45.5 Å². The Kier molecular flexibility index (Phi) is 6.48. The summed E-state index contributed by atoms with van der Waals surface area (Å²) in [4.78, 5) is 8.15. The molecule has 3 rings (SSSR count). The first-order valence-electron chi connectivity index (χ1n) is 9.66. The Balaban J connectivity index is 1.55. The van der Waals surface area contributed by atoms with Crippen LogP contribution in [0.5, 0.6) is 5.88 Å². The molecule has 162 valence electrons. The van der Waals surface area contributed by atoms with Gasteiger partial charge in [-0.2, -0.15) is 13.2 Å². The Morgan fingerprint density at radius 1 is 1.45 bits per heavy atom. The van der Waals surface area contributed by atoms with Crippen molar-refractivity contribution in [3.63, 3.8) is 0 Å². The van der Waals surface area contributed by atoms with Gasteiger partial charge in [0.25, 0.3) is 0 Å². The largest absolute Gasteiger partial charge is 0.475 e. The lowest BCUT2D eigenvalue weighted by Gasteiger charge is -2.54. The number of fused-ring (bicyclic) bond motifs is 1. The third-order valence-electron chi connectivity index (χ3n) is 5.47. The molecule has 2 heterocycles. The van der Waals surface area contributed by atoms with Crippen molar-refractivity contribution in [1.29, 1.82) is 0 Å². The maximum atomic E-state index is 12.7. The second-order valence-electron chi connectivity index (χ2n) is 7.81. The molecule has 3 unspecified atom stereocenters. The predicted molar refractivity (Wildman–Crippen MR) is 104 cm³/mol. The molecular formula is C19H26ClF3N4O2. The summed E-state index contributed by atoms with van der Waals surface area (Å²) in [5.74, 6) is 1.10. The number of ether oxygens (including phenoxy) is 2. The molecule has 0 spiro atoms. The van der Waals surface area contributed by atoms with Gasteiger partial charge in [-0.1, -0.05) is 25.4 Å². The topological polar surface area (TPSA) is 67.8 Å². The number of rotatable bonds is 6. The molecule has 0 aromatic carbocycles. The monoisotopic (exact) mass is 434 g/mol. The Morgan fingerprint density at radius 3 is 2.86 bits per heavy atom. The molecule has 29 heavy (non-hydrogen) atoms. The summed E-state index contributed by atoms with van der Waals surface area (Å²) in [5.41, 5.74) is -0.894. The van der Waals surface area contributed by atoms with Crippen LogP contribution in [0.15, 0.2) is 17.3 Å². The normalized spacial score (nSPS) is 25.9. The zero-order chi connectivity index (χ0) is 21.2.